The van der Waals surface area contributed by atoms with E-state index < -0.39 is 11.7 Å². The van der Waals surface area contributed by atoms with Gasteiger partial charge in [-0.05, 0) is 38.7 Å². The maximum Gasteiger partial charge on any atom is 0.416 e. The maximum absolute atomic E-state index is 12.8. The van der Waals surface area contributed by atoms with E-state index in [-0.39, 0.29) is 6.54 Å². The van der Waals surface area contributed by atoms with E-state index in [1.165, 1.54) is 12.1 Å². The molecule has 1 aromatic heterocycles. The summed E-state index contributed by atoms with van der Waals surface area (Å²) in [4.78, 5) is 13.3. The second kappa shape index (κ2) is 7.20. The molecule has 1 saturated heterocycles. The fourth-order valence-electron chi connectivity index (χ4n) is 3.05. The highest BCUT2D eigenvalue weighted by Crippen LogP contribution is 2.31. The zero-order valence-electron chi connectivity index (χ0n) is 14.8. The number of hydrogen-bond acceptors (Lipinski definition) is 5. The molecular weight excluding hydrogens is 343 g/mol. The highest BCUT2D eigenvalue weighted by atomic mass is 19.4. The fourth-order valence-corrected chi connectivity index (χ4v) is 3.05. The van der Waals surface area contributed by atoms with Gasteiger partial charge in [0, 0.05) is 31.2 Å². The van der Waals surface area contributed by atoms with Crippen molar-refractivity contribution in [3.63, 3.8) is 0 Å². The number of benzene rings is 1. The van der Waals surface area contributed by atoms with Gasteiger partial charge in [-0.3, -0.25) is 0 Å². The number of nitrogens with zero attached hydrogens (tertiary/aromatic N) is 4. The van der Waals surface area contributed by atoms with Gasteiger partial charge in [0.05, 0.1) is 17.0 Å². The standard InChI is InChI=1S/C18H22F3N5/c1-25(2)15-7-8-26(11-15)17-23-14(10-22)9-16(24-17)12-3-5-13(6-4-12)18(19,20)21/h3-6,9,15H,7-8,10-11,22H2,1-2H3/t15-/m1/s1. The predicted molar refractivity (Wildman–Crippen MR) is 94.7 cm³/mol. The van der Waals surface area contributed by atoms with E-state index in [9.17, 15) is 13.2 Å². The number of likely N-dealkylation sites (N-methyl/N-ethyl adjacent to an activating group) is 1. The molecule has 1 aliphatic rings. The third-order valence-corrected chi connectivity index (χ3v) is 4.66. The van der Waals surface area contributed by atoms with E-state index >= 15 is 0 Å². The lowest BCUT2D eigenvalue weighted by Crippen LogP contribution is -2.32. The monoisotopic (exact) mass is 365 g/mol. The first kappa shape index (κ1) is 18.6. The molecule has 0 radical (unpaired) electrons. The van der Waals surface area contributed by atoms with Crippen LogP contribution in [0.15, 0.2) is 30.3 Å². The number of hydrogen-bond donors (Lipinski definition) is 1. The minimum absolute atomic E-state index is 0.244. The van der Waals surface area contributed by atoms with Crippen molar-refractivity contribution in [2.45, 2.75) is 25.2 Å². The van der Waals surface area contributed by atoms with Crippen molar-refractivity contribution in [2.75, 3.05) is 32.1 Å². The summed E-state index contributed by atoms with van der Waals surface area (Å²) < 4.78 is 38.3. The van der Waals surface area contributed by atoms with Crippen molar-refractivity contribution < 1.29 is 13.2 Å². The van der Waals surface area contributed by atoms with Gasteiger partial charge in [0.15, 0.2) is 0 Å². The average molecular weight is 365 g/mol. The first-order valence-electron chi connectivity index (χ1n) is 8.45. The zero-order valence-corrected chi connectivity index (χ0v) is 14.8. The Morgan fingerprint density at radius 3 is 2.42 bits per heavy atom. The Bertz CT molecular complexity index is 758. The van der Waals surface area contributed by atoms with Crippen LogP contribution in [-0.4, -0.2) is 48.1 Å². The van der Waals surface area contributed by atoms with Crippen molar-refractivity contribution in [1.82, 2.24) is 14.9 Å². The van der Waals surface area contributed by atoms with Crippen LogP contribution in [0, 0.1) is 0 Å². The number of nitrogens with two attached hydrogens (primary N) is 1. The number of halogens is 3. The number of alkyl halides is 3. The molecule has 2 N–H and O–H groups in total. The summed E-state index contributed by atoms with van der Waals surface area (Å²) in [6, 6.07) is 7.15. The molecule has 2 heterocycles. The van der Waals surface area contributed by atoms with Crippen LogP contribution in [0.2, 0.25) is 0 Å². The SMILES string of the molecule is CN(C)[C@@H]1CCN(c2nc(CN)cc(-c3ccc(C(F)(F)F)cc3)n2)C1. The molecule has 5 nitrogen and oxygen atoms in total. The van der Waals surface area contributed by atoms with E-state index in [0.717, 1.165) is 31.6 Å². The summed E-state index contributed by atoms with van der Waals surface area (Å²) in [5.41, 5.74) is 6.93. The molecule has 0 saturated carbocycles. The van der Waals surface area contributed by atoms with Gasteiger partial charge in [-0.2, -0.15) is 13.2 Å². The van der Waals surface area contributed by atoms with E-state index in [1.54, 1.807) is 6.07 Å². The molecule has 0 bridgehead atoms. The van der Waals surface area contributed by atoms with Crippen LogP contribution in [0.25, 0.3) is 11.3 Å². The average Bonchev–Trinajstić information content (AvgIpc) is 3.11. The van der Waals surface area contributed by atoms with Gasteiger partial charge in [-0.25, -0.2) is 9.97 Å². The van der Waals surface area contributed by atoms with Gasteiger partial charge in [0.2, 0.25) is 5.95 Å². The molecule has 8 heteroatoms. The van der Waals surface area contributed by atoms with E-state index in [0.29, 0.717) is 28.9 Å². The molecule has 0 unspecified atom stereocenters. The Labute approximate surface area is 150 Å². The zero-order chi connectivity index (χ0) is 18.9. The van der Waals surface area contributed by atoms with Crippen LogP contribution in [-0.2, 0) is 12.7 Å². The maximum atomic E-state index is 12.8. The first-order chi connectivity index (χ1) is 12.3. The minimum Gasteiger partial charge on any atom is -0.339 e. The summed E-state index contributed by atoms with van der Waals surface area (Å²) in [6.45, 7) is 1.89. The Morgan fingerprint density at radius 2 is 1.88 bits per heavy atom. The molecule has 0 spiro atoms. The summed E-state index contributed by atoms with van der Waals surface area (Å²) in [6.07, 6.45) is -3.34. The third-order valence-electron chi connectivity index (χ3n) is 4.66. The topological polar surface area (TPSA) is 58.3 Å². The normalized spacial score (nSPS) is 18.0. The summed E-state index contributed by atoms with van der Waals surface area (Å²) in [5, 5.41) is 0. The van der Waals surface area contributed by atoms with E-state index in [2.05, 4.69) is 19.8 Å². The molecule has 0 aliphatic carbocycles. The van der Waals surface area contributed by atoms with Gasteiger partial charge < -0.3 is 15.5 Å². The highest BCUT2D eigenvalue weighted by Gasteiger charge is 2.30. The number of anilines is 1. The number of rotatable bonds is 4. The first-order valence-corrected chi connectivity index (χ1v) is 8.45. The van der Waals surface area contributed by atoms with Gasteiger partial charge in [-0.15, -0.1) is 0 Å². The molecule has 1 aliphatic heterocycles. The van der Waals surface area contributed by atoms with E-state index in [4.69, 9.17) is 5.73 Å². The second-order valence-corrected chi connectivity index (χ2v) is 6.68. The molecule has 140 valence electrons. The Kier molecular flexibility index (Phi) is 5.15. The third kappa shape index (κ3) is 3.96. The summed E-state index contributed by atoms with van der Waals surface area (Å²) in [5.74, 6) is 0.576. The van der Waals surface area contributed by atoms with Crippen LogP contribution >= 0.6 is 0 Å². The lowest BCUT2D eigenvalue weighted by atomic mass is 10.1. The largest absolute Gasteiger partial charge is 0.416 e. The molecule has 26 heavy (non-hydrogen) atoms. The molecule has 1 aromatic carbocycles. The van der Waals surface area contributed by atoms with Crippen molar-refractivity contribution in [3.8, 4) is 11.3 Å². The molecule has 3 rings (SSSR count). The van der Waals surface area contributed by atoms with Gasteiger partial charge in [-0.1, -0.05) is 12.1 Å². The van der Waals surface area contributed by atoms with Gasteiger partial charge in [0.1, 0.15) is 0 Å². The van der Waals surface area contributed by atoms with Crippen molar-refractivity contribution in [3.05, 3.63) is 41.6 Å². The van der Waals surface area contributed by atoms with Crippen LogP contribution in [0.1, 0.15) is 17.7 Å². The molecule has 2 aromatic rings. The lowest BCUT2D eigenvalue weighted by Gasteiger charge is -2.21. The Balaban J connectivity index is 1.91. The second-order valence-electron chi connectivity index (χ2n) is 6.68. The lowest BCUT2D eigenvalue weighted by molar-refractivity contribution is -0.137. The van der Waals surface area contributed by atoms with Crippen LogP contribution in [0.5, 0.6) is 0 Å². The fraction of sp³-hybridized carbons (Fsp3) is 0.444. The van der Waals surface area contributed by atoms with Gasteiger partial charge in [0.25, 0.3) is 0 Å². The Morgan fingerprint density at radius 1 is 1.19 bits per heavy atom. The minimum atomic E-state index is -4.35. The highest BCUT2D eigenvalue weighted by molar-refractivity contribution is 5.61. The Hall–Kier alpha value is -2.19. The van der Waals surface area contributed by atoms with Crippen molar-refractivity contribution in [2.24, 2.45) is 5.73 Å². The quantitative estimate of drug-likeness (QED) is 0.903. The summed E-state index contributed by atoms with van der Waals surface area (Å²) in [7, 11) is 4.08. The smallest absolute Gasteiger partial charge is 0.339 e. The van der Waals surface area contributed by atoms with Crippen LogP contribution in [0.4, 0.5) is 19.1 Å². The predicted octanol–water partition coefficient (Wildman–Crippen LogP) is 2.76. The molecule has 1 fully saturated rings. The number of aromatic nitrogens is 2. The molecule has 0 amide bonds. The molecular formula is C18H22F3N5. The van der Waals surface area contributed by atoms with Crippen molar-refractivity contribution in [1.29, 1.82) is 0 Å². The van der Waals surface area contributed by atoms with Gasteiger partial charge >= 0.3 is 6.18 Å². The van der Waals surface area contributed by atoms with E-state index in [1.807, 2.05) is 14.1 Å². The van der Waals surface area contributed by atoms with Crippen LogP contribution < -0.4 is 10.6 Å². The van der Waals surface area contributed by atoms with Crippen molar-refractivity contribution >= 4 is 5.95 Å². The molecule has 1 atom stereocenters. The van der Waals surface area contributed by atoms with Crippen LogP contribution in [0.3, 0.4) is 0 Å². The summed E-state index contributed by atoms with van der Waals surface area (Å²) >= 11 is 0.